The predicted molar refractivity (Wildman–Crippen MR) is 44.2 cm³/mol. The molecule has 0 heterocycles. The molecule has 0 radical (unpaired) electrons. The minimum Gasteiger partial charge on any atom is -0.483 e. The van der Waals surface area contributed by atoms with E-state index in [2.05, 4.69) is 12.2 Å². The van der Waals surface area contributed by atoms with Gasteiger partial charge < -0.3 is 4.74 Å². The van der Waals surface area contributed by atoms with Crippen LogP contribution in [0.5, 0.6) is 0 Å². The van der Waals surface area contributed by atoms with Gasteiger partial charge in [0.1, 0.15) is 0 Å². The molecule has 0 rings (SSSR count). The van der Waals surface area contributed by atoms with Gasteiger partial charge in [0.2, 0.25) is 10.7 Å². The monoisotopic (exact) mass is 184 g/mol. The number of halogens is 2. The smallest absolute Gasteiger partial charge is 0.240 e. The summed E-state index contributed by atoms with van der Waals surface area (Å²) < 4.78 is 16.8. The topological polar surface area (TPSA) is 9.23 Å². The minimum absolute atomic E-state index is 0.157. The van der Waals surface area contributed by atoms with Crippen molar-refractivity contribution in [2.24, 2.45) is 0 Å². The number of alkyl halides is 2. The summed E-state index contributed by atoms with van der Waals surface area (Å²) in [6.07, 6.45) is 1.88. The van der Waals surface area contributed by atoms with E-state index < -0.39 is 5.63 Å². The first kappa shape index (κ1) is 10.1. The van der Waals surface area contributed by atoms with E-state index >= 15 is 0 Å². The Morgan fingerprint density at radius 3 is 2.80 bits per heavy atom. The van der Waals surface area contributed by atoms with Crippen molar-refractivity contribution < 1.29 is 9.13 Å². The molecule has 0 aromatic carbocycles. The van der Waals surface area contributed by atoms with Gasteiger partial charge in [-0.1, -0.05) is 24.9 Å². The first-order valence-corrected chi connectivity index (χ1v) is 3.97. The predicted octanol–water partition coefficient (Wildman–Crippen LogP) is 2.66. The highest BCUT2D eigenvalue weighted by molar-refractivity contribution is 7.80. The van der Waals surface area contributed by atoms with Gasteiger partial charge in [-0.2, -0.15) is 0 Å². The molecule has 1 unspecified atom stereocenters. The Labute approximate surface area is 70.5 Å². The second-order valence-electron chi connectivity index (χ2n) is 1.82. The van der Waals surface area contributed by atoms with E-state index in [4.69, 9.17) is 16.3 Å². The van der Waals surface area contributed by atoms with Gasteiger partial charge in [-0.15, -0.1) is 0 Å². The molecule has 1 nitrogen and oxygen atoms in total. The Morgan fingerprint density at radius 2 is 2.40 bits per heavy atom. The average Bonchev–Trinajstić information content (AvgIpc) is 1.88. The molecule has 0 aromatic rings. The molecule has 0 aliphatic rings. The Hall–Kier alpha value is 0.110. The van der Waals surface area contributed by atoms with Crippen LogP contribution in [0.1, 0.15) is 19.8 Å². The molecular formula is C6H10ClFOS. The summed E-state index contributed by atoms with van der Waals surface area (Å²) in [5.74, 6) is 0. The molecule has 0 saturated carbocycles. The van der Waals surface area contributed by atoms with Gasteiger partial charge in [0, 0.05) is 0 Å². The summed E-state index contributed by atoms with van der Waals surface area (Å²) in [5.41, 5.74) is -1.65. The van der Waals surface area contributed by atoms with Gasteiger partial charge >= 0.3 is 0 Å². The maximum atomic E-state index is 12.0. The van der Waals surface area contributed by atoms with Gasteiger partial charge in [-0.05, 0) is 18.6 Å². The summed E-state index contributed by atoms with van der Waals surface area (Å²) in [4.78, 5) is 0. The van der Waals surface area contributed by atoms with Crippen LogP contribution in [0, 0.1) is 0 Å². The molecule has 0 bridgehead atoms. The molecule has 1 atom stereocenters. The quantitative estimate of drug-likeness (QED) is 0.378. The van der Waals surface area contributed by atoms with E-state index in [1.54, 1.807) is 0 Å². The Balaban J connectivity index is 3.22. The Kier molecular flexibility index (Phi) is 5.93. The van der Waals surface area contributed by atoms with Gasteiger partial charge in [0.25, 0.3) is 0 Å². The third-order valence-corrected chi connectivity index (χ3v) is 1.57. The number of hydrogen-bond acceptors (Lipinski definition) is 2. The fourth-order valence-electron chi connectivity index (χ4n) is 0.380. The van der Waals surface area contributed by atoms with E-state index in [0.717, 1.165) is 12.8 Å². The van der Waals surface area contributed by atoms with Crippen molar-refractivity contribution >= 4 is 28.9 Å². The molecule has 0 fully saturated rings. The van der Waals surface area contributed by atoms with Crippen LogP contribution in [0.25, 0.3) is 0 Å². The van der Waals surface area contributed by atoms with E-state index in [1.807, 2.05) is 6.92 Å². The van der Waals surface area contributed by atoms with Crippen molar-refractivity contribution in [1.82, 2.24) is 0 Å². The molecule has 0 spiro atoms. The lowest BCUT2D eigenvalue weighted by atomic mass is 10.4. The van der Waals surface area contributed by atoms with Gasteiger partial charge in [-0.25, -0.2) is 4.39 Å². The first-order chi connectivity index (χ1) is 4.68. The first-order valence-electron chi connectivity index (χ1n) is 3.13. The maximum absolute atomic E-state index is 12.0. The molecule has 0 aromatic heterocycles. The van der Waals surface area contributed by atoms with E-state index in [9.17, 15) is 4.39 Å². The van der Waals surface area contributed by atoms with Crippen LogP contribution in [0.4, 0.5) is 4.39 Å². The molecule has 0 aliphatic carbocycles. The number of hydrogen-bond donors (Lipinski definition) is 0. The summed E-state index contributed by atoms with van der Waals surface area (Å²) in [5, 5.41) is -0.157. The van der Waals surface area contributed by atoms with Crippen molar-refractivity contribution in [1.29, 1.82) is 0 Å². The van der Waals surface area contributed by atoms with Crippen molar-refractivity contribution in [2.75, 3.05) is 6.61 Å². The minimum atomic E-state index is -1.65. The van der Waals surface area contributed by atoms with Crippen molar-refractivity contribution in [3.05, 3.63) is 0 Å². The largest absolute Gasteiger partial charge is 0.483 e. The summed E-state index contributed by atoms with van der Waals surface area (Å²) in [7, 11) is 0. The number of thiocarbonyl (C=S) groups is 1. The molecular weight excluding hydrogens is 175 g/mol. The molecule has 60 valence electrons. The third kappa shape index (κ3) is 4.94. The van der Waals surface area contributed by atoms with Crippen LogP contribution in [-0.2, 0) is 4.74 Å². The number of rotatable bonds is 4. The van der Waals surface area contributed by atoms with E-state index in [1.165, 1.54) is 0 Å². The van der Waals surface area contributed by atoms with Crippen molar-refractivity contribution in [3.63, 3.8) is 0 Å². The average molecular weight is 185 g/mol. The molecule has 0 aliphatic heterocycles. The lowest BCUT2D eigenvalue weighted by molar-refractivity contribution is 0.281. The van der Waals surface area contributed by atoms with Gasteiger partial charge in [-0.3, -0.25) is 0 Å². The second-order valence-corrected chi connectivity index (χ2v) is 2.61. The highest BCUT2D eigenvalue weighted by atomic mass is 35.5. The normalized spacial score (nSPS) is 12.7. The zero-order valence-electron chi connectivity index (χ0n) is 5.77. The zero-order valence-corrected chi connectivity index (χ0v) is 7.34. The van der Waals surface area contributed by atoms with Gasteiger partial charge in [0.15, 0.2) is 0 Å². The van der Waals surface area contributed by atoms with E-state index in [-0.39, 0.29) is 5.05 Å². The number of unbranched alkanes of at least 4 members (excludes halogenated alkanes) is 1. The fourth-order valence-corrected chi connectivity index (χ4v) is 0.526. The zero-order chi connectivity index (χ0) is 7.98. The summed E-state index contributed by atoms with van der Waals surface area (Å²) >= 11 is 9.44. The number of ether oxygens (including phenoxy) is 1. The standard InChI is InChI=1S/C6H10ClFOS/c1-2-3-4-9-6(10)5(7)8/h5H,2-4H2,1H3. The second kappa shape index (κ2) is 5.86. The fraction of sp³-hybridized carbons (Fsp3) is 0.833. The molecule has 10 heavy (non-hydrogen) atoms. The third-order valence-electron chi connectivity index (χ3n) is 0.920. The maximum Gasteiger partial charge on any atom is 0.240 e. The molecule has 0 N–H and O–H groups in total. The summed E-state index contributed by atoms with van der Waals surface area (Å²) in [6, 6.07) is 0. The Morgan fingerprint density at radius 1 is 1.80 bits per heavy atom. The molecule has 4 heteroatoms. The molecule has 0 saturated heterocycles. The lowest BCUT2D eigenvalue weighted by Crippen LogP contribution is -2.11. The SMILES string of the molecule is CCCCOC(=S)C(F)Cl. The van der Waals surface area contributed by atoms with Crippen LogP contribution in [0.3, 0.4) is 0 Å². The van der Waals surface area contributed by atoms with Crippen LogP contribution in [0.2, 0.25) is 0 Å². The van der Waals surface area contributed by atoms with Crippen LogP contribution >= 0.6 is 23.8 Å². The van der Waals surface area contributed by atoms with Crippen LogP contribution in [-0.4, -0.2) is 17.3 Å². The molecule has 0 amide bonds. The highest BCUT2D eigenvalue weighted by Gasteiger charge is 2.08. The van der Waals surface area contributed by atoms with Crippen molar-refractivity contribution in [3.8, 4) is 0 Å². The highest BCUT2D eigenvalue weighted by Crippen LogP contribution is 2.02. The van der Waals surface area contributed by atoms with Crippen LogP contribution < -0.4 is 0 Å². The van der Waals surface area contributed by atoms with Gasteiger partial charge in [0.05, 0.1) is 6.61 Å². The van der Waals surface area contributed by atoms with Crippen LogP contribution in [0.15, 0.2) is 0 Å². The summed E-state index contributed by atoms with van der Waals surface area (Å²) in [6.45, 7) is 2.47. The van der Waals surface area contributed by atoms with Crippen molar-refractivity contribution in [2.45, 2.75) is 25.4 Å². The lowest BCUT2D eigenvalue weighted by Gasteiger charge is -2.04. The Bertz CT molecular complexity index is 108. The van der Waals surface area contributed by atoms with E-state index in [0.29, 0.717) is 6.61 Å².